The van der Waals surface area contributed by atoms with Gasteiger partial charge in [0.1, 0.15) is 0 Å². The van der Waals surface area contributed by atoms with E-state index < -0.39 is 0 Å². The highest BCUT2D eigenvalue weighted by atomic mass is 15.3. The van der Waals surface area contributed by atoms with E-state index in [2.05, 4.69) is 44.8 Å². The van der Waals surface area contributed by atoms with Crippen LogP contribution in [0.4, 0.5) is 0 Å². The Morgan fingerprint density at radius 2 is 1.84 bits per heavy atom. The maximum absolute atomic E-state index is 3.81. The van der Waals surface area contributed by atoms with E-state index in [0.29, 0.717) is 6.04 Å². The van der Waals surface area contributed by atoms with Crippen LogP contribution in [0, 0.1) is 17.8 Å². The summed E-state index contributed by atoms with van der Waals surface area (Å²) in [6.45, 7) is 14.4. The summed E-state index contributed by atoms with van der Waals surface area (Å²) in [5.41, 5.74) is 0. The monoisotopic (exact) mass is 266 g/mol. The summed E-state index contributed by atoms with van der Waals surface area (Å²) in [5.74, 6) is 2.59. The third kappa shape index (κ3) is 3.95. The fourth-order valence-electron chi connectivity index (χ4n) is 3.58. The van der Waals surface area contributed by atoms with Crippen molar-refractivity contribution in [3.05, 3.63) is 0 Å². The highest BCUT2D eigenvalue weighted by molar-refractivity contribution is 4.93. The van der Waals surface area contributed by atoms with Crippen LogP contribution in [0.5, 0.6) is 0 Å². The number of nitrogens with zero attached hydrogens (tertiary/aromatic N) is 1. The van der Waals surface area contributed by atoms with E-state index in [-0.39, 0.29) is 0 Å². The van der Waals surface area contributed by atoms with Crippen molar-refractivity contribution in [2.75, 3.05) is 13.1 Å². The van der Waals surface area contributed by atoms with Gasteiger partial charge in [-0.05, 0) is 31.1 Å². The smallest absolute Gasteiger partial charge is 0.0247 e. The number of nitrogens with one attached hydrogen (secondary N) is 1. The van der Waals surface area contributed by atoms with E-state index in [1.807, 2.05) is 0 Å². The Labute approximate surface area is 120 Å². The molecule has 4 atom stereocenters. The molecule has 1 saturated heterocycles. The molecule has 0 spiro atoms. The lowest BCUT2D eigenvalue weighted by atomic mass is 9.90. The molecule has 0 aromatic carbocycles. The molecule has 1 N–H and O–H groups in total. The van der Waals surface area contributed by atoms with Gasteiger partial charge in [-0.2, -0.15) is 0 Å². The van der Waals surface area contributed by atoms with E-state index in [4.69, 9.17) is 0 Å². The maximum atomic E-state index is 3.81. The van der Waals surface area contributed by atoms with Gasteiger partial charge in [-0.25, -0.2) is 0 Å². The van der Waals surface area contributed by atoms with E-state index in [1.165, 1.54) is 38.8 Å². The van der Waals surface area contributed by atoms with Crippen LogP contribution < -0.4 is 5.32 Å². The average molecular weight is 266 g/mol. The molecule has 0 bridgehead atoms. The number of piperazine rings is 1. The topological polar surface area (TPSA) is 15.3 Å². The zero-order chi connectivity index (χ0) is 14.0. The van der Waals surface area contributed by atoms with Gasteiger partial charge in [0.25, 0.3) is 0 Å². The second-order valence-corrected chi connectivity index (χ2v) is 7.44. The van der Waals surface area contributed by atoms with Crippen LogP contribution in [0.25, 0.3) is 0 Å². The third-order valence-electron chi connectivity index (χ3n) is 5.46. The predicted octanol–water partition coefficient (Wildman–Crippen LogP) is 3.52. The molecule has 2 fully saturated rings. The number of hydrogen-bond donors (Lipinski definition) is 1. The second kappa shape index (κ2) is 6.58. The Morgan fingerprint density at radius 3 is 2.37 bits per heavy atom. The van der Waals surface area contributed by atoms with Crippen molar-refractivity contribution in [1.82, 2.24) is 10.2 Å². The first-order valence-corrected chi connectivity index (χ1v) is 8.52. The van der Waals surface area contributed by atoms with Crippen molar-refractivity contribution in [1.29, 1.82) is 0 Å². The minimum Gasteiger partial charge on any atom is -0.311 e. The van der Waals surface area contributed by atoms with Gasteiger partial charge in [0, 0.05) is 31.2 Å². The van der Waals surface area contributed by atoms with Gasteiger partial charge in [0.2, 0.25) is 0 Å². The van der Waals surface area contributed by atoms with Crippen molar-refractivity contribution in [2.24, 2.45) is 17.8 Å². The first-order chi connectivity index (χ1) is 9.02. The van der Waals surface area contributed by atoms with Crippen LogP contribution in [-0.2, 0) is 0 Å². The van der Waals surface area contributed by atoms with Crippen LogP contribution in [0.3, 0.4) is 0 Å². The zero-order valence-electron chi connectivity index (χ0n) is 13.7. The standard InChI is InChI=1S/C17H34N2/c1-6-13(4)16-11-19(14(5)9-15-7-8-15)17(10-18-16)12(2)3/h12-18H,6-11H2,1-5H3. The van der Waals surface area contributed by atoms with Gasteiger partial charge in [-0.15, -0.1) is 0 Å². The fraction of sp³-hybridized carbons (Fsp3) is 1.00. The van der Waals surface area contributed by atoms with Crippen LogP contribution in [0.1, 0.15) is 60.3 Å². The summed E-state index contributed by atoms with van der Waals surface area (Å²) in [6.07, 6.45) is 5.68. The molecule has 4 unspecified atom stereocenters. The van der Waals surface area contributed by atoms with Gasteiger partial charge in [0.05, 0.1) is 0 Å². The van der Waals surface area contributed by atoms with Crippen molar-refractivity contribution in [2.45, 2.75) is 78.4 Å². The van der Waals surface area contributed by atoms with Crippen LogP contribution >= 0.6 is 0 Å². The molecule has 0 aromatic rings. The Kier molecular flexibility index (Phi) is 5.30. The molecule has 1 saturated carbocycles. The molecule has 0 radical (unpaired) electrons. The summed E-state index contributed by atoms with van der Waals surface area (Å²) < 4.78 is 0. The minimum atomic E-state index is 0.696. The van der Waals surface area contributed by atoms with E-state index in [1.54, 1.807) is 0 Å². The largest absolute Gasteiger partial charge is 0.311 e. The molecule has 0 aromatic heterocycles. The van der Waals surface area contributed by atoms with Crippen molar-refractivity contribution < 1.29 is 0 Å². The summed E-state index contributed by atoms with van der Waals surface area (Å²) in [5, 5.41) is 3.81. The maximum Gasteiger partial charge on any atom is 0.0247 e. The van der Waals surface area contributed by atoms with Crippen molar-refractivity contribution >= 4 is 0 Å². The zero-order valence-corrected chi connectivity index (χ0v) is 13.7. The lowest BCUT2D eigenvalue weighted by Crippen LogP contribution is -2.62. The molecule has 0 amide bonds. The van der Waals surface area contributed by atoms with Gasteiger partial charge >= 0.3 is 0 Å². The molecule has 2 aliphatic rings. The highest BCUT2D eigenvalue weighted by Crippen LogP contribution is 2.36. The molecule has 2 heteroatoms. The minimum absolute atomic E-state index is 0.696. The van der Waals surface area contributed by atoms with E-state index in [0.717, 1.165) is 29.8 Å². The third-order valence-corrected chi connectivity index (χ3v) is 5.46. The lowest BCUT2D eigenvalue weighted by molar-refractivity contribution is 0.0442. The molecule has 2 rings (SSSR count). The van der Waals surface area contributed by atoms with Gasteiger partial charge in [-0.1, -0.05) is 47.0 Å². The molecule has 1 aliphatic carbocycles. The molecule has 112 valence electrons. The van der Waals surface area contributed by atoms with E-state index in [9.17, 15) is 0 Å². The molecular formula is C17H34N2. The Bertz CT molecular complexity index is 272. The Morgan fingerprint density at radius 1 is 1.16 bits per heavy atom. The van der Waals surface area contributed by atoms with Gasteiger partial charge in [-0.3, -0.25) is 4.90 Å². The Hall–Kier alpha value is -0.0800. The van der Waals surface area contributed by atoms with Crippen LogP contribution in [0.15, 0.2) is 0 Å². The molecule has 1 heterocycles. The molecule has 1 aliphatic heterocycles. The number of hydrogen-bond acceptors (Lipinski definition) is 2. The van der Waals surface area contributed by atoms with Crippen molar-refractivity contribution in [3.8, 4) is 0 Å². The quantitative estimate of drug-likeness (QED) is 0.791. The summed E-state index contributed by atoms with van der Waals surface area (Å²) in [7, 11) is 0. The van der Waals surface area contributed by atoms with Gasteiger partial charge in [0.15, 0.2) is 0 Å². The molecule has 2 nitrogen and oxygen atoms in total. The Balaban J connectivity index is 1.98. The first kappa shape index (κ1) is 15.3. The van der Waals surface area contributed by atoms with Crippen LogP contribution in [-0.4, -0.2) is 36.1 Å². The molecule has 19 heavy (non-hydrogen) atoms. The lowest BCUT2D eigenvalue weighted by Gasteiger charge is -2.47. The predicted molar refractivity (Wildman–Crippen MR) is 83.4 cm³/mol. The van der Waals surface area contributed by atoms with Crippen LogP contribution in [0.2, 0.25) is 0 Å². The fourth-order valence-corrected chi connectivity index (χ4v) is 3.58. The van der Waals surface area contributed by atoms with E-state index >= 15 is 0 Å². The summed E-state index contributed by atoms with van der Waals surface area (Å²) in [6, 6.07) is 2.20. The summed E-state index contributed by atoms with van der Waals surface area (Å²) >= 11 is 0. The average Bonchev–Trinajstić information content (AvgIpc) is 3.20. The SMILES string of the molecule is CCC(C)C1CN(C(C)CC2CC2)C(C(C)C)CN1. The normalized spacial score (nSPS) is 32.5. The van der Waals surface area contributed by atoms with Crippen molar-refractivity contribution in [3.63, 3.8) is 0 Å². The highest BCUT2D eigenvalue weighted by Gasteiger charge is 2.36. The second-order valence-electron chi connectivity index (χ2n) is 7.44. The number of rotatable bonds is 6. The first-order valence-electron chi connectivity index (χ1n) is 8.52. The molecular weight excluding hydrogens is 232 g/mol. The van der Waals surface area contributed by atoms with Gasteiger partial charge < -0.3 is 5.32 Å². The summed E-state index contributed by atoms with van der Waals surface area (Å²) in [4.78, 5) is 2.83.